The molecule has 0 fully saturated rings. The Balaban J connectivity index is 2.47. The maximum atomic E-state index is 12.2. The van der Waals surface area contributed by atoms with Crippen LogP contribution in [0.1, 0.15) is 5.56 Å². The first-order valence-electron chi connectivity index (χ1n) is 5.58. The smallest absolute Gasteiger partial charge is 0.263 e. The molecule has 0 aliphatic heterocycles. The molecule has 0 saturated heterocycles. The average molecular weight is 332 g/mol. The summed E-state index contributed by atoms with van der Waals surface area (Å²) < 4.78 is 26.8. The summed E-state index contributed by atoms with van der Waals surface area (Å²) >= 11 is 11.7. The molecule has 106 valence electrons. The van der Waals surface area contributed by atoms with Gasteiger partial charge in [0.25, 0.3) is 10.0 Å². The number of phenols is 1. The van der Waals surface area contributed by atoms with Crippen LogP contribution >= 0.6 is 23.2 Å². The summed E-state index contributed by atoms with van der Waals surface area (Å²) in [6.07, 6.45) is 0. The van der Waals surface area contributed by atoms with Crippen molar-refractivity contribution in [3.63, 3.8) is 0 Å². The molecule has 0 radical (unpaired) electrons. The average Bonchev–Trinajstić information content (AvgIpc) is 2.35. The van der Waals surface area contributed by atoms with Gasteiger partial charge in [0.2, 0.25) is 0 Å². The van der Waals surface area contributed by atoms with E-state index < -0.39 is 10.0 Å². The summed E-state index contributed by atoms with van der Waals surface area (Å²) in [4.78, 5) is -0.0707. The monoisotopic (exact) mass is 331 g/mol. The van der Waals surface area contributed by atoms with Crippen LogP contribution in [0.2, 0.25) is 10.0 Å². The second kappa shape index (κ2) is 5.52. The molecule has 0 amide bonds. The fraction of sp³-hybridized carbons (Fsp3) is 0.0769. The molecule has 2 N–H and O–H groups in total. The minimum atomic E-state index is -3.90. The lowest BCUT2D eigenvalue weighted by Crippen LogP contribution is -2.13. The van der Waals surface area contributed by atoms with Crippen LogP contribution in [0.15, 0.2) is 41.3 Å². The highest BCUT2D eigenvalue weighted by atomic mass is 35.5. The molecule has 2 aromatic rings. The molecule has 7 heteroatoms. The van der Waals surface area contributed by atoms with Crippen LogP contribution in [0.5, 0.6) is 5.75 Å². The van der Waals surface area contributed by atoms with Crippen molar-refractivity contribution in [1.82, 2.24) is 0 Å². The SMILES string of the molecule is Cc1cc(Cl)cc(NS(=O)(=O)c2ccccc2Cl)c1O. The second-order valence-electron chi connectivity index (χ2n) is 4.15. The molecule has 0 saturated carbocycles. The van der Waals surface area contributed by atoms with E-state index in [1.807, 2.05) is 0 Å². The Morgan fingerprint density at radius 3 is 2.45 bits per heavy atom. The van der Waals surface area contributed by atoms with Gasteiger partial charge in [-0.15, -0.1) is 0 Å². The Morgan fingerprint density at radius 2 is 1.80 bits per heavy atom. The number of rotatable bonds is 3. The molecule has 20 heavy (non-hydrogen) atoms. The van der Waals surface area contributed by atoms with E-state index in [1.54, 1.807) is 19.1 Å². The minimum Gasteiger partial charge on any atom is -0.505 e. The van der Waals surface area contributed by atoms with Crippen molar-refractivity contribution >= 4 is 38.9 Å². The standard InChI is InChI=1S/C13H11Cl2NO3S/c1-8-6-9(14)7-11(13(8)17)16-20(18,19)12-5-3-2-4-10(12)15/h2-7,16-17H,1H3. The van der Waals surface area contributed by atoms with Gasteiger partial charge in [-0.25, -0.2) is 8.42 Å². The van der Waals surface area contributed by atoms with Crippen molar-refractivity contribution < 1.29 is 13.5 Å². The highest BCUT2D eigenvalue weighted by Crippen LogP contribution is 2.33. The Morgan fingerprint density at radius 1 is 1.15 bits per heavy atom. The summed E-state index contributed by atoms with van der Waals surface area (Å²) in [5.41, 5.74) is 0.476. The van der Waals surface area contributed by atoms with Gasteiger partial charge in [-0.05, 0) is 36.8 Å². The normalized spacial score (nSPS) is 11.3. The molecule has 0 aliphatic rings. The van der Waals surface area contributed by atoms with E-state index in [2.05, 4.69) is 4.72 Å². The van der Waals surface area contributed by atoms with Gasteiger partial charge in [0.15, 0.2) is 0 Å². The van der Waals surface area contributed by atoms with Gasteiger partial charge in [0.1, 0.15) is 10.6 Å². The number of halogens is 2. The molecule has 2 aromatic carbocycles. The number of anilines is 1. The first kappa shape index (κ1) is 15.0. The van der Waals surface area contributed by atoms with Crippen LogP contribution in [0.3, 0.4) is 0 Å². The zero-order chi connectivity index (χ0) is 14.9. The summed E-state index contributed by atoms with van der Waals surface area (Å²) in [5.74, 6) is -0.176. The van der Waals surface area contributed by atoms with E-state index in [4.69, 9.17) is 23.2 Å². The zero-order valence-corrected chi connectivity index (χ0v) is 12.7. The highest BCUT2D eigenvalue weighted by Gasteiger charge is 2.19. The molecule has 0 aromatic heterocycles. The minimum absolute atomic E-state index is 0.00918. The lowest BCUT2D eigenvalue weighted by molar-refractivity contribution is 0.473. The molecule has 4 nitrogen and oxygen atoms in total. The molecule has 2 rings (SSSR count). The Labute approximate surface area is 127 Å². The van der Waals surface area contributed by atoms with Gasteiger partial charge in [-0.2, -0.15) is 0 Å². The fourth-order valence-corrected chi connectivity index (χ4v) is 3.53. The van der Waals surface area contributed by atoms with E-state index in [0.29, 0.717) is 10.6 Å². The van der Waals surface area contributed by atoms with Crippen molar-refractivity contribution in [1.29, 1.82) is 0 Å². The van der Waals surface area contributed by atoms with Gasteiger partial charge < -0.3 is 5.11 Å². The number of aromatic hydroxyl groups is 1. The molecular weight excluding hydrogens is 321 g/mol. The molecule has 0 aliphatic carbocycles. The number of benzene rings is 2. The zero-order valence-electron chi connectivity index (χ0n) is 10.4. The van der Waals surface area contributed by atoms with Gasteiger partial charge in [0.05, 0.1) is 10.7 Å². The van der Waals surface area contributed by atoms with Gasteiger partial charge >= 0.3 is 0 Å². The number of hydrogen-bond donors (Lipinski definition) is 2. The van der Waals surface area contributed by atoms with Crippen molar-refractivity contribution in [2.45, 2.75) is 11.8 Å². The number of hydrogen-bond acceptors (Lipinski definition) is 3. The number of nitrogens with one attached hydrogen (secondary N) is 1. The lowest BCUT2D eigenvalue weighted by atomic mass is 10.2. The Kier molecular flexibility index (Phi) is 4.13. The van der Waals surface area contributed by atoms with E-state index in [1.165, 1.54) is 24.3 Å². The first-order valence-corrected chi connectivity index (χ1v) is 7.81. The molecule has 0 atom stereocenters. The van der Waals surface area contributed by atoms with Crippen molar-refractivity contribution in [3.8, 4) is 5.75 Å². The predicted octanol–water partition coefficient (Wildman–Crippen LogP) is 3.81. The number of aryl methyl sites for hydroxylation is 1. The molecule has 0 heterocycles. The maximum Gasteiger partial charge on any atom is 0.263 e. The molecule has 0 bridgehead atoms. The maximum absolute atomic E-state index is 12.2. The quantitative estimate of drug-likeness (QED) is 0.840. The number of sulfonamides is 1. The fourth-order valence-electron chi connectivity index (χ4n) is 1.68. The van der Waals surface area contributed by atoms with Gasteiger partial charge in [0, 0.05) is 5.02 Å². The topological polar surface area (TPSA) is 66.4 Å². The summed E-state index contributed by atoms with van der Waals surface area (Å²) in [6.45, 7) is 1.62. The van der Waals surface area contributed by atoms with Crippen molar-refractivity contribution in [3.05, 3.63) is 52.0 Å². The molecule has 0 spiro atoms. The van der Waals surface area contributed by atoms with Gasteiger partial charge in [-0.1, -0.05) is 35.3 Å². The van der Waals surface area contributed by atoms with Crippen LogP contribution in [0.4, 0.5) is 5.69 Å². The van der Waals surface area contributed by atoms with E-state index >= 15 is 0 Å². The second-order valence-corrected chi connectivity index (χ2v) is 6.65. The third-order valence-corrected chi connectivity index (χ3v) is 4.72. The largest absolute Gasteiger partial charge is 0.505 e. The van der Waals surface area contributed by atoms with Crippen LogP contribution in [-0.2, 0) is 10.0 Å². The molecular formula is C13H11Cl2NO3S. The lowest BCUT2D eigenvalue weighted by Gasteiger charge is -2.12. The Hall–Kier alpha value is -1.43. The van der Waals surface area contributed by atoms with E-state index in [9.17, 15) is 13.5 Å². The van der Waals surface area contributed by atoms with E-state index in [-0.39, 0.29) is 21.4 Å². The van der Waals surface area contributed by atoms with Crippen molar-refractivity contribution in [2.24, 2.45) is 0 Å². The van der Waals surface area contributed by atoms with Gasteiger partial charge in [-0.3, -0.25) is 4.72 Å². The van der Waals surface area contributed by atoms with Crippen LogP contribution in [-0.4, -0.2) is 13.5 Å². The van der Waals surface area contributed by atoms with Crippen LogP contribution in [0.25, 0.3) is 0 Å². The first-order chi connectivity index (χ1) is 9.31. The van der Waals surface area contributed by atoms with Crippen LogP contribution in [0, 0.1) is 6.92 Å². The molecule has 0 unspecified atom stereocenters. The number of phenolic OH excluding ortho intramolecular Hbond substituents is 1. The summed E-state index contributed by atoms with van der Waals surface area (Å²) in [5, 5.41) is 10.3. The van der Waals surface area contributed by atoms with E-state index in [0.717, 1.165) is 0 Å². The van der Waals surface area contributed by atoms with Crippen molar-refractivity contribution in [2.75, 3.05) is 4.72 Å². The van der Waals surface area contributed by atoms with Crippen LogP contribution < -0.4 is 4.72 Å². The summed E-state index contributed by atoms with van der Waals surface area (Å²) in [6, 6.07) is 8.90. The Bertz CT molecular complexity index is 760. The summed E-state index contributed by atoms with van der Waals surface area (Å²) in [7, 11) is -3.90. The highest BCUT2D eigenvalue weighted by molar-refractivity contribution is 7.92. The third-order valence-electron chi connectivity index (χ3n) is 2.64. The predicted molar refractivity (Wildman–Crippen MR) is 80.1 cm³/mol. The third kappa shape index (κ3) is 3.00.